The molecule has 19 heavy (non-hydrogen) atoms. The first-order chi connectivity index (χ1) is 8.97. The van der Waals surface area contributed by atoms with Crippen molar-refractivity contribution in [2.24, 2.45) is 0 Å². The van der Waals surface area contributed by atoms with E-state index in [9.17, 15) is 15.2 Å². The maximum atomic E-state index is 10.9. The van der Waals surface area contributed by atoms with Crippen LogP contribution in [0, 0.1) is 24.0 Å². The standard InChI is InChI=1S/C14H14N2O3/c1-9-3-4-11(7-10(9)2)15-13-8-12(17)5-6-14(13)16(18)19/h3-8,15,17H,1-2H3. The van der Waals surface area contributed by atoms with Crippen molar-refractivity contribution < 1.29 is 10.0 Å². The topological polar surface area (TPSA) is 75.4 Å². The van der Waals surface area contributed by atoms with Crippen molar-refractivity contribution in [1.82, 2.24) is 0 Å². The van der Waals surface area contributed by atoms with Gasteiger partial charge in [0.1, 0.15) is 11.4 Å². The van der Waals surface area contributed by atoms with Crippen LogP contribution < -0.4 is 5.32 Å². The number of benzene rings is 2. The number of rotatable bonds is 3. The van der Waals surface area contributed by atoms with Crippen LogP contribution in [0.5, 0.6) is 5.75 Å². The lowest BCUT2D eigenvalue weighted by molar-refractivity contribution is -0.383. The Balaban J connectivity index is 2.39. The van der Waals surface area contributed by atoms with Gasteiger partial charge in [-0.25, -0.2) is 0 Å². The molecule has 0 fully saturated rings. The molecule has 2 rings (SSSR count). The Morgan fingerprint density at radius 1 is 1.11 bits per heavy atom. The van der Waals surface area contributed by atoms with Crippen molar-refractivity contribution in [3.8, 4) is 5.75 Å². The fourth-order valence-electron chi connectivity index (χ4n) is 1.76. The molecule has 5 heteroatoms. The number of hydrogen-bond donors (Lipinski definition) is 2. The Kier molecular flexibility index (Phi) is 3.37. The SMILES string of the molecule is Cc1ccc(Nc2cc(O)ccc2[N+](=O)[O-])cc1C. The molecule has 0 saturated heterocycles. The molecule has 2 aromatic carbocycles. The number of anilines is 2. The zero-order valence-corrected chi connectivity index (χ0v) is 10.7. The molecule has 0 amide bonds. The van der Waals surface area contributed by atoms with Gasteiger partial charge >= 0.3 is 0 Å². The molecule has 0 aliphatic rings. The summed E-state index contributed by atoms with van der Waals surface area (Å²) in [5.41, 5.74) is 3.19. The Labute approximate surface area is 110 Å². The van der Waals surface area contributed by atoms with Gasteiger partial charge in [0.2, 0.25) is 0 Å². The number of nitrogens with one attached hydrogen (secondary N) is 1. The minimum atomic E-state index is -0.483. The van der Waals surface area contributed by atoms with Crippen LogP contribution in [0.25, 0.3) is 0 Å². The van der Waals surface area contributed by atoms with Gasteiger partial charge in [0, 0.05) is 17.8 Å². The highest BCUT2D eigenvalue weighted by molar-refractivity contribution is 5.71. The predicted molar refractivity (Wildman–Crippen MR) is 74.0 cm³/mol. The molecule has 98 valence electrons. The first kappa shape index (κ1) is 12.9. The molecule has 0 aliphatic heterocycles. The summed E-state index contributed by atoms with van der Waals surface area (Å²) in [7, 11) is 0. The van der Waals surface area contributed by atoms with Crippen molar-refractivity contribution in [1.29, 1.82) is 0 Å². The summed E-state index contributed by atoms with van der Waals surface area (Å²) in [5, 5.41) is 23.3. The van der Waals surface area contributed by atoms with Gasteiger partial charge in [-0.15, -0.1) is 0 Å². The lowest BCUT2D eigenvalue weighted by Crippen LogP contribution is -1.97. The molecular formula is C14H14N2O3. The van der Waals surface area contributed by atoms with Crippen molar-refractivity contribution in [2.45, 2.75) is 13.8 Å². The average Bonchev–Trinajstić information content (AvgIpc) is 2.33. The maximum Gasteiger partial charge on any atom is 0.292 e. The fourth-order valence-corrected chi connectivity index (χ4v) is 1.76. The van der Waals surface area contributed by atoms with Gasteiger partial charge in [-0.05, 0) is 43.2 Å². The second kappa shape index (κ2) is 4.97. The van der Waals surface area contributed by atoms with Crippen LogP contribution in [-0.2, 0) is 0 Å². The van der Waals surface area contributed by atoms with Gasteiger partial charge in [0.25, 0.3) is 5.69 Å². The third-order valence-corrected chi connectivity index (χ3v) is 2.96. The van der Waals surface area contributed by atoms with E-state index < -0.39 is 4.92 Å². The Morgan fingerprint density at radius 3 is 2.47 bits per heavy atom. The molecule has 0 aromatic heterocycles. The van der Waals surface area contributed by atoms with Crippen LogP contribution in [-0.4, -0.2) is 10.0 Å². The summed E-state index contributed by atoms with van der Waals surface area (Å²) < 4.78 is 0. The molecule has 0 spiro atoms. The van der Waals surface area contributed by atoms with Crippen LogP contribution >= 0.6 is 0 Å². The summed E-state index contributed by atoms with van der Waals surface area (Å²) in [5.74, 6) is -0.0167. The summed E-state index contributed by atoms with van der Waals surface area (Å²) >= 11 is 0. The number of nitro groups is 1. The number of aryl methyl sites for hydroxylation is 2. The van der Waals surface area contributed by atoms with Crippen LogP contribution in [0.1, 0.15) is 11.1 Å². The number of phenolic OH excluding ortho intramolecular Hbond substituents is 1. The van der Waals surface area contributed by atoms with Crippen LogP contribution in [0.4, 0.5) is 17.1 Å². The van der Waals surface area contributed by atoms with Gasteiger partial charge in [-0.3, -0.25) is 10.1 Å². The minimum Gasteiger partial charge on any atom is -0.508 e. The second-order valence-corrected chi connectivity index (χ2v) is 4.38. The molecule has 0 aliphatic carbocycles. The number of nitro benzene ring substituents is 1. The Bertz CT molecular complexity index is 639. The molecule has 5 nitrogen and oxygen atoms in total. The Morgan fingerprint density at radius 2 is 1.84 bits per heavy atom. The zero-order chi connectivity index (χ0) is 14.0. The molecule has 0 unspecified atom stereocenters. The lowest BCUT2D eigenvalue weighted by atomic mass is 10.1. The molecule has 0 saturated carbocycles. The summed E-state index contributed by atoms with van der Waals surface area (Å²) in [6.45, 7) is 3.97. The van der Waals surface area contributed by atoms with Crippen molar-refractivity contribution in [3.63, 3.8) is 0 Å². The Hall–Kier alpha value is -2.56. The van der Waals surface area contributed by atoms with E-state index in [1.165, 1.54) is 18.2 Å². The summed E-state index contributed by atoms with van der Waals surface area (Å²) in [4.78, 5) is 10.4. The van der Waals surface area contributed by atoms with Gasteiger partial charge in [0.05, 0.1) is 4.92 Å². The highest BCUT2D eigenvalue weighted by Gasteiger charge is 2.14. The molecule has 2 N–H and O–H groups in total. The van der Waals surface area contributed by atoms with Crippen molar-refractivity contribution >= 4 is 17.1 Å². The van der Waals surface area contributed by atoms with Crippen LogP contribution in [0.2, 0.25) is 0 Å². The van der Waals surface area contributed by atoms with E-state index in [1.807, 2.05) is 32.0 Å². The normalized spacial score (nSPS) is 10.2. The van der Waals surface area contributed by atoms with Crippen molar-refractivity contribution in [2.75, 3.05) is 5.32 Å². The van der Waals surface area contributed by atoms with E-state index in [0.717, 1.165) is 16.8 Å². The quantitative estimate of drug-likeness (QED) is 0.650. The zero-order valence-electron chi connectivity index (χ0n) is 10.7. The smallest absolute Gasteiger partial charge is 0.292 e. The fraction of sp³-hybridized carbons (Fsp3) is 0.143. The average molecular weight is 258 g/mol. The first-order valence-corrected chi connectivity index (χ1v) is 5.79. The molecule has 0 heterocycles. The lowest BCUT2D eigenvalue weighted by Gasteiger charge is -2.09. The minimum absolute atomic E-state index is 0.0167. The maximum absolute atomic E-state index is 10.9. The molecule has 0 radical (unpaired) electrons. The molecular weight excluding hydrogens is 244 g/mol. The van der Waals surface area contributed by atoms with E-state index in [1.54, 1.807) is 0 Å². The third kappa shape index (κ3) is 2.82. The van der Waals surface area contributed by atoms with Gasteiger partial charge in [-0.1, -0.05) is 6.07 Å². The van der Waals surface area contributed by atoms with Gasteiger partial charge in [0.15, 0.2) is 0 Å². The van der Waals surface area contributed by atoms with E-state index in [0.29, 0.717) is 0 Å². The summed E-state index contributed by atoms with van der Waals surface area (Å²) in [6, 6.07) is 9.60. The summed E-state index contributed by atoms with van der Waals surface area (Å²) in [6.07, 6.45) is 0. The van der Waals surface area contributed by atoms with Crippen LogP contribution in [0.15, 0.2) is 36.4 Å². The molecule has 0 bridgehead atoms. The van der Waals surface area contributed by atoms with Gasteiger partial charge < -0.3 is 10.4 Å². The van der Waals surface area contributed by atoms with E-state index in [2.05, 4.69) is 5.32 Å². The predicted octanol–water partition coefficient (Wildman–Crippen LogP) is 3.66. The number of nitrogens with zero attached hydrogens (tertiary/aromatic N) is 1. The van der Waals surface area contributed by atoms with Gasteiger partial charge in [-0.2, -0.15) is 0 Å². The van der Waals surface area contributed by atoms with E-state index in [-0.39, 0.29) is 17.1 Å². The highest BCUT2D eigenvalue weighted by Crippen LogP contribution is 2.31. The molecule has 0 atom stereocenters. The monoisotopic (exact) mass is 258 g/mol. The molecule has 2 aromatic rings. The second-order valence-electron chi connectivity index (χ2n) is 4.38. The largest absolute Gasteiger partial charge is 0.508 e. The van der Waals surface area contributed by atoms with E-state index >= 15 is 0 Å². The van der Waals surface area contributed by atoms with Crippen molar-refractivity contribution in [3.05, 3.63) is 57.6 Å². The third-order valence-electron chi connectivity index (χ3n) is 2.96. The highest BCUT2D eigenvalue weighted by atomic mass is 16.6. The van der Waals surface area contributed by atoms with Crippen LogP contribution in [0.3, 0.4) is 0 Å². The number of hydrogen-bond acceptors (Lipinski definition) is 4. The number of phenols is 1. The number of aromatic hydroxyl groups is 1. The first-order valence-electron chi connectivity index (χ1n) is 5.79. The van der Waals surface area contributed by atoms with E-state index in [4.69, 9.17) is 0 Å².